The van der Waals surface area contributed by atoms with Crippen molar-refractivity contribution in [1.82, 2.24) is 4.31 Å². The molecule has 1 aromatic carbocycles. The van der Waals surface area contributed by atoms with E-state index in [1.54, 1.807) is 18.2 Å². The Balaban J connectivity index is 2.70. The number of ketones is 1. The fraction of sp³-hybridized carbons (Fsp3) is 0.444. The van der Waals surface area contributed by atoms with E-state index in [1.807, 2.05) is 0 Å². The molecule has 10 heteroatoms. The number of rotatable bonds is 7. The van der Waals surface area contributed by atoms with E-state index in [-0.39, 0.29) is 17.2 Å². The Labute approximate surface area is 163 Å². The summed E-state index contributed by atoms with van der Waals surface area (Å²) in [5.41, 5.74) is -1.50. The standard InChI is InChI=1S/C18H23NO8S/c1-7-28(22,23)19(4)17-15(26-11(2)20)16(21)18(3,27-17)14-12(24-5)9-8-10-13(14)25-6/h8-10H,7H2,1-6H3. The third kappa shape index (κ3) is 3.51. The summed E-state index contributed by atoms with van der Waals surface area (Å²) < 4.78 is 47.0. The maximum atomic E-state index is 13.2. The van der Waals surface area contributed by atoms with Crippen molar-refractivity contribution in [1.29, 1.82) is 0 Å². The van der Waals surface area contributed by atoms with Crippen LogP contribution >= 0.6 is 0 Å². The summed E-state index contributed by atoms with van der Waals surface area (Å²) in [5.74, 6) is -2.06. The van der Waals surface area contributed by atoms with Crippen LogP contribution in [0, 0.1) is 0 Å². The SMILES string of the molecule is CCS(=O)(=O)N(C)C1=C(OC(C)=O)C(=O)C(C)(c2c(OC)cccc2OC)O1. The summed E-state index contributed by atoms with van der Waals surface area (Å²) in [4.78, 5) is 24.8. The van der Waals surface area contributed by atoms with Gasteiger partial charge in [0, 0.05) is 14.0 Å². The summed E-state index contributed by atoms with van der Waals surface area (Å²) in [7, 11) is 0.251. The first-order valence-electron chi connectivity index (χ1n) is 8.38. The molecule has 2 rings (SSSR count). The summed E-state index contributed by atoms with van der Waals surface area (Å²) >= 11 is 0. The molecule has 0 N–H and O–H groups in total. The zero-order valence-corrected chi connectivity index (χ0v) is 17.4. The Hall–Kier alpha value is -2.75. The van der Waals surface area contributed by atoms with E-state index in [9.17, 15) is 18.0 Å². The van der Waals surface area contributed by atoms with Crippen LogP contribution in [0.3, 0.4) is 0 Å². The van der Waals surface area contributed by atoms with Gasteiger partial charge in [0.1, 0.15) is 11.5 Å². The Morgan fingerprint density at radius 3 is 2.18 bits per heavy atom. The molecule has 1 aliphatic rings. The Morgan fingerprint density at radius 1 is 1.21 bits per heavy atom. The van der Waals surface area contributed by atoms with Crippen LogP contribution in [0.15, 0.2) is 29.8 Å². The second-order valence-electron chi connectivity index (χ2n) is 6.10. The van der Waals surface area contributed by atoms with Crippen LogP contribution in [0.5, 0.6) is 11.5 Å². The van der Waals surface area contributed by atoms with Gasteiger partial charge in [-0.05, 0) is 26.0 Å². The first-order chi connectivity index (χ1) is 13.0. The molecule has 1 unspecified atom stereocenters. The summed E-state index contributed by atoms with van der Waals surface area (Å²) in [6.07, 6.45) is 0. The monoisotopic (exact) mass is 413 g/mol. The highest BCUT2D eigenvalue weighted by molar-refractivity contribution is 7.89. The lowest BCUT2D eigenvalue weighted by atomic mass is 9.90. The van der Waals surface area contributed by atoms with Gasteiger partial charge in [0.25, 0.3) is 11.7 Å². The van der Waals surface area contributed by atoms with Gasteiger partial charge in [-0.3, -0.25) is 9.59 Å². The number of hydrogen-bond acceptors (Lipinski definition) is 8. The fourth-order valence-corrected chi connectivity index (χ4v) is 3.61. The number of Topliss-reactive ketones (excluding diaryl/α,β-unsaturated/α-hetero) is 1. The van der Waals surface area contributed by atoms with E-state index in [4.69, 9.17) is 18.9 Å². The molecule has 9 nitrogen and oxygen atoms in total. The van der Waals surface area contributed by atoms with Crippen molar-refractivity contribution in [3.8, 4) is 11.5 Å². The molecule has 28 heavy (non-hydrogen) atoms. The number of sulfonamides is 1. The highest BCUT2D eigenvalue weighted by Crippen LogP contribution is 2.47. The number of ether oxygens (including phenoxy) is 4. The molecule has 0 spiro atoms. The lowest BCUT2D eigenvalue weighted by Gasteiger charge is -2.28. The van der Waals surface area contributed by atoms with E-state index in [2.05, 4.69) is 0 Å². The molecular formula is C18H23NO8S. The predicted octanol–water partition coefficient (Wildman–Crippen LogP) is 1.53. The van der Waals surface area contributed by atoms with Crippen molar-refractivity contribution >= 4 is 21.8 Å². The third-order valence-electron chi connectivity index (χ3n) is 4.35. The third-order valence-corrected chi connectivity index (χ3v) is 6.08. The maximum Gasteiger partial charge on any atom is 0.308 e. The fourth-order valence-electron chi connectivity index (χ4n) is 2.85. The van der Waals surface area contributed by atoms with Gasteiger partial charge in [0.05, 0.1) is 25.5 Å². The lowest BCUT2D eigenvalue weighted by molar-refractivity contribution is -0.142. The van der Waals surface area contributed by atoms with Crippen molar-refractivity contribution in [2.45, 2.75) is 26.4 Å². The molecule has 1 aliphatic heterocycles. The van der Waals surface area contributed by atoms with Gasteiger partial charge in [0.2, 0.25) is 21.4 Å². The molecule has 0 aromatic heterocycles. The minimum atomic E-state index is -3.79. The van der Waals surface area contributed by atoms with Gasteiger partial charge >= 0.3 is 5.97 Å². The van der Waals surface area contributed by atoms with Crippen LogP contribution in [0.4, 0.5) is 0 Å². The zero-order chi connectivity index (χ0) is 21.3. The molecule has 0 radical (unpaired) electrons. The largest absolute Gasteiger partial charge is 0.496 e. The van der Waals surface area contributed by atoms with Gasteiger partial charge in [-0.15, -0.1) is 0 Å². The van der Waals surface area contributed by atoms with Gasteiger partial charge < -0.3 is 18.9 Å². The van der Waals surface area contributed by atoms with Crippen molar-refractivity contribution < 1.29 is 37.0 Å². The molecule has 1 aromatic rings. The van der Waals surface area contributed by atoms with Crippen LogP contribution in [0.2, 0.25) is 0 Å². The minimum absolute atomic E-state index is 0.243. The lowest BCUT2D eigenvalue weighted by Crippen LogP contribution is -2.34. The number of nitrogens with zero attached hydrogens (tertiary/aromatic N) is 1. The summed E-state index contributed by atoms with van der Waals surface area (Å²) in [5, 5.41) is 0. The number of hydrogen-bond donors (Lipinski definition) is 0. The molecule has 0 saturated carbocycles. The van der Waals surface area contributed by atoms with Crippen molar-refractivity contribution in [3.05, 3.63) is 35.4 Å². The van der Waals surface area contributed by atoms with E-state index < -0.39 is 33.1 Å². The maximum absolute atomic E-state index is 13.2. The van der Waals surface area contributed by atoms with Gasteiger partial charge in [-0.1, -0.05) is 6.07 Å². The van der Waals surface area contributed by atoms with Crippen LogP contribution in [0.25, 0.3) is 0 Å². The average molecular weight is 413 g/mol. The quantitative estimate of drug-likeness (QED) is 0.619. The molecule has 0 aliphatic carbocycles. The predicted molar refractivity (Wildman–Crippen MR) is 99.0 cm³/mol. The smallest absolute Gasteiger partial charge is 0.308 e. The van der Waals surface area contributed by atoms with E-state index in [1.165, 1.54) is 35.1 Å². The second kappa shape index (κ2) is 7.70. The first kappa shape index (κ1) is 21.5. The molecule has 1 atom stereocenters. The summed E-state index contributed by atoms with van der Waals surface area (Å²) in [6, 6.07) is 4.88. The van der Waals surface area contributed by atoms with Gasteiger partial charge in [-0.2, -0.15) is 0 Å². The van der Waals surface area contributed by atoms with Crippen LogP contribution in [-0.4, -0.2) is 51.5 Å². The first-order valence-corrected chi connectivity index (χ1v) is 9.99. The van der Waals surface area contributed by atoms with E-state index in [0.29, 0.717) is 11.5 Å². The Morgan fingerprint density at radius 2 is 1.75 bits per heavy atom. The number of carbonyl (C=O) groups excluding carboxylic acids is 2. The summed E-state index contributed by atoms with van der Waals surface area (Å²) in [6.45, 7) is 3.97. The minimum Gasteiger partial charge on any atom is -0.496 e. The number of esters is 1. The number of methoxy groups -OCH3 is 2. The highest BCUT2D eigenvalue weighted by atomic mass is 32.2. The van der Waals surface area contributed by atoms with Crippen molar-refractivity contribution in [3.63, 3.8) is 0 Å². The Kier molecular flexibility index (Phi) is 5.93. The molecule has 0 saturated heterocycles. The van der Waals surface area contributed by atoms with Gasteiger partial charge in [-0.25, -0.2) is 12.7 Å². The molecule has 1 heterocycles. The normalized spacial score (nSPS) is 19.3. The molecule has 154 valence electrons. The van der Waals surface area contributed by atoms with Crippen molar-refractivity contribution in [2.24, 2.45) is 0 Å². The van der Waals surface area contributed by atoms with Gasteiger partial charge in [0.15, 0.2) is 0 Å². The average Bonchev–Trinajstić information content (AvgIpc) is 2.91. The van der Waals surface area contributed by atoms with Crippen LogP contribution < -0.4 is 9.47 Å². The molecular weight excluding hydrogens is 390 g/mol. The van der Waals surface area contributed by atoms with Crippen LogP contribution in [0.1, 0.15) is 26.3 Å². The second-order valence-corrected chi connectivity index (χ2v) is 8.39. The zero-order valence-electron chi connectivity index (χ0n) is 16.6. The number of benzene rings is 1. The van der Waals surface area contributed by atoms with Crippen LogP contribution in [-0.2, 0) is 34.7 Å². The Bertz CT molecular complexity index is 915. The number of carbonyl (C=O) groups is 2. The van der Waals surface area contributed by atoms with E-state index >= 15 is 0 Å². The molecule has 0 bridgehead atoms. The molecule has 0 fully saturated rings. The molecule has 0 amide bonds. The van der Waals surface area contributed by atoms with Crippen molar-refractivity contribution in [2.75, 3.05) is 27.0 Å². The topological polar surface area (TPSA) is 108 Å². The van der Waals surface area contributed by atoms with E-state index in [0.717, 1.165) is 11.2 Å². The highest BCUT2D eigenvalue weighted by Gasteiger charge is 2.54.